The molecule has 2 aliphatic heterocycles. The minimum atomic E-state index is 0.344. The molecule has 8 nitrogen and oxygen atoms in total. The summed E-state index contributed by atoms with van der Waals surface area (Å²) in [7, 11) is 0. The lowest BCUT2D eigenvalue weighted by atomic mass is 9.92. The number of nitrogens with zero attached hydrogens (tertiary/aromatic N) is 8. The van der Waals surface area contributed by atoms with Crippen LogP contribution in [-0.4, -0.2) is 57.2 Å². The van der Waals surface area contributed by atoms with Crippen molar-refractivity contribution < 1.29 is 0 Å². The van der Waals surface area contributed by atoms with E-state index in [-0.39, 0.29) is 0 Å². The summed E-state index contributed by atoms with van der Waals surface area (Å²) in [5.41, 5.74) is 7.47. The first-order chi connectivity index (χ1) is 18.5. The smallest absolute Gasteiger partial charge is 0.142 e. The van der Waals surface area contributed by atoms with E-state index >= 15 is 0 Å². The fourth-order valence-electron chi connectivity index (χ4n) is 5.75. The molecule has 6 heterocycles. The van der Waals surface area contributed by atoms with Crippen LogP contribution < -0.4 is 9.80 Å². The molecular formula is C29H31ClN8. The third-order valence-corrected chi connectivity index (χ3v) is 8.07. The molecule has 0 amide bonds. The number of fused-ring (bicyclic) bond motifs is 2. The molecule has 4 aromatic heterocycles. The van der Waals surface area contributed by atoms with Crippen molar-refractivity contribution in [2.24, 2.45) is 0 Å². The molecule has 0 spiro atoms. The van der Waals surface area contributed by atoms with Gasteiger partial charge in [0.05, 0.1) is 23.1 Å². The number of piperazine rings is 1. The number of rotatable bonds is 5. The van der Waals surface area contributed by atoms with E-state index in [1.165, 1.54) is 16.8 Å². The highest BCUT2D eigenvalue weighted by molar-refractivity contribution is 6.29. The molecule has 0 saturated carbocycles. The van der Waals surface area contributed by atoms with Crippen molar-refractivity contribution >= 4 is 28.6 Å². The summed E-state index contributed by atoms with van der Waals surface area (Å²) < 4.78 is 1.77. The van der Waals surface area contributed by atoms with Gasteiger partial charge < -0.3 is 9.80 Å². The van der Waals surface area contributed by atoms with E-state index < -0.39 is 0 Å². The first-order valence-corrected chi connectivity index (χ1v) is 13.6. The number of pyridine rings is 3. The molecule has 9 heteroatoms. The molecule has 194 valence electrons. The second-order valence-corrected chi connectivity index (χ2v) is 10.6. The Hall–Kier alpha value is -3.67. The Morgan fingerprint density at radius 1 is 1.03 bits per heavy atom. The van der Waals surface area contributed by atoms with E-state index in [0.29, 0.717) is 16.8 Å². The van der Waals surface area contributed by atoms with Gasteiger partial charge in [-0.1, -0.05) is 30.7 Å². The minimum Gasteiger partial charge on any atom is -0.365 e. The molecule has 4 aromatic rings. The van der Waals surface area contributed by atoms with Crippen LogP contribution in [-0.2, 0) is 13.1 Å². The summed E-state index contributed by atoms with van der Waals surface area (Å²) >= 11 is 5.93. The van der Waals surface area contributed by atoms with Gasteiger partial charge in [-0.3, -0.25) is 4.90 Å². The van der Waals surface area contributed by atoms with Gasteiger partial charge in [0.1, 0.15) is 22.7 Å². The standard InChI is InChI=1S/C29H31ClN8/c1-3-22-18-37(25-7-6-24(14-31)38-29(25)20(2)15-33-38)19-23-5-9-27(34-28(22)23)36-12-10-35(11-13-36)17-21-4-8-26(30)32-16-21/h4-9,15-16,22H,3,10-13,17-19H2,1-2H3. The van der Waals surface area contributed by atoms with Gasteiger partial charge >= 0.3 is 0 Å². The fraction of sp³-hybridized carbons (Fsp3) is 0.379. The fourth-order valence-corrected chi connectivity index (χ4v) is 5.86. The lowest BCUT2D eigenvalue weighted by Crippen LogP contribution is -2.46. The van der Waals surface area contributed by atoms with Crippen LogP contribution in [0.5, 0.6) is 0 Å². The normalized spacial score (nSPS) is 18.0. The second-order valence-electron chi connectivity index (χ2n) is 10.3. The number of aromatic nitrogens is 4. The molecule has 6 rings (SSSR count). The lowest BCUT2D eigenvalue weighted by molar-refractivity contribution is 0.249. The molecule has 0 aromatic carbocycles. The Morgan fingerprint density at radius 3 is 2.61 bits per heavy atom. The van der Waals surface area contributed by atoms with Crippen molar-refractivity contribution in [2.45, 2.75) is 39.3 Å². The van der Waals surface area contributed by atoms with Crippen molar-refractivity contribution in [1.82, 2.24) is 24.5 Å². The van der Waals surface area contributed by atoms with E-state index in [4.69, 9.17) is 16.6 Å². The van der Waals surface area contributed by atoms with Crippen molar-refractivity contribution in [3.8, 4) is 6.07 Å². The van der Waals surface area contributed by atoms with Crippen molar-refractivity contribution in [3.05, 3.63) is 82.0 Å². The molecule has 1 saturated heterocycles. The molecule has 1 fully saturated rings. The molecule has 2 aliphatic rings. The number of aryl methyl sites for hydroxylation is 1. The summed E-state index contributed by atoms with van der Waals surface area (Å²) in [6.45, 7) is 10.8. The van der Waals surface area contributed by atoms with Crippen molar-refractivity contribution in [1.29, 1.82) is 5.26 Å². The number of halogens is 1. The molecular weight excluding hydrogens is 496 g/mol. The van der Waals surface area contributed by atoms with Gasteiger partial charge in [-0.2, -0.15) is 10.4 Å². The van der Waals surface area contributed by atoms with Crippen LogP contribution in [0.3, 0.4) is 0 Å². The molecule has 0 radical (unpaired) electrons. The maximum Gasteiger partial charge on any atom is 0.142 e. The SMILES string of the molecule is CCC1CN(c2ccc(C#N)n3ncc(C)c23)Cc2ccc(N3CCN(Cc4ccc(Cl)nc4)CC3)nc21. The highest BCUT2D eigenvalue weighted by atomic mass is 35.5. The van der Waals surface area contributed by atoms with Gasteiger partial charge in [-0.05, 0) is 54.3 Å². The average molecular weight is 527 g/mol. The number of anilines is 2. The molecule has 0 N–H and O–H groups in total. The summed E-state index contributed by atoms with van der Waals surface area (Å²) in [5, 5.41) is 14.5. The zero-order chi connectivity index (χ0) is 26.2. The lowest BCUT2D eigenvalue weighted by Gasteiger charge is -2.38. The second kappa shape index (κ2) is 10.2. The molecule has 1 unspecified atom stereocenters. The van der Waals surface area contributed by atoms with Gasteiger partial charge in [-0.25, -0.2) is 14.5 Å². The Bertz CT molecular complexity index is 1500. The van der Waals surface area contributed by atoms with Crippen LogP contribution in [0.15, 0.2) is 48.8 Å². The maximum absolute atomic E-state index is 9.53. The summed E-state index contributed by atoms with van der Waals surface area (Å²) in [6.07, 6.45) is 4.73. The van der Waals surface area contributed by atoms with Crippen LogP contribution in [0.25, 0.3) is 5.52 Å². The average Bonchev–Trinajstić information content (AvgIpc) is 3.35. The molecule has 1 atom stereocenters. The zero-order valence-electron chi connectivity index (χ0n) is 21.8. The van der Waals surface area contributed by atoms with Crippen LogP contribution in [0, 0.1) is 18.3 Å². The zero-order valence-corrected chi connectivity index (χ0v) is 22.6. The van der Waals surface area contributed by atoms with Gasteiger partial charge in [0.15, 0.2) is 0 Å². The monoisotopic (exact) mass is 526 g/mol. The van der Waals surface area contributed by atoms with Crippen LogP contribution in [0.4, 0.5) is 11.5 Å². The van der Waals surface area contributed by atoms with Gasteiger partial charge in [0, 0.05) is 57.9 Å². The first-order valence-electron chi connectivity index (χ1n) is 13.2. The van der Waals surface area contributed by atoms with Crippen LogP contribution >= 0.6 is 11.6 Å². The third kappa shape index (κ3) is 4.57. The number of hydrogen-bond acceptors (Lipinski definition) is 7. The van der Waals surface area contributed by atoms with Gasteiger partial charge in [0.2, 0.25) is 0 Å². The Morgan fingerprint density at radius 2 is 1.87 bits per heavy atom. The summed E-state index contributed by atoms with van der Waals surface area (Å²) in [4.78, 5) is 16.7. The minimum absolute atomic E-state index is 0.344. The van der Waals surface area contributed by atoms with Crippen LogP contribution in [0.2, 0.25) is 5.15 Å². The summed E-state index contributed by atoms with van der Waals surface area (Å²) in [6, 6.07) is 14.6. The number of hydrogen-bond donors (Lipinski definition) is 0. The Kier molecular flexibility index (Phi) is 6.64. The highest BCUT2D eigenvalue weighted by Gasteiger charge is 2.29. The van der Waals surface area contributed by atoms with E-state index in [2.05, 4.69) is 69.0 Å². The van der Waals surface area contributed by atoms with Gasteiger partial charge in [0.25, 0.3) is 0 Å². The van der Waals surface area contributed by atoms with E-state index in [1.807, 2.05) is 24.5 Å². The Balaban J connectivity index is 1.19. The Labute approximate surface area is 228 Å². The topological polar surface area (TPSA) is 76.6 Å². The van der Waals surface area contributed by atoms with E-state index in [9.17, 15) is 5.26 Å². The quantitative estimate of drug-likeness (QED) is 0.346. The van der Waals surface area contributed by atoms with Crippen molar-refractivity contribution in [3.63, 3.8) is 0 Å². The predicted molar refractivity (Wildman–Crippen MR) is 150 cm³/mol. The molecule has 0 aliphatic carbocycles. The van der Waals surface area contributed by atoms with Crippen molar-refractivity contribution in [2.75, 3.05) is 42.5 Å². The third-order valence-electron chi connectivity index (χ3n) is 7.85. The predicted octanol–water partition coefficient (Wildman–Crippen LogP) is 4.79. The van der Waals surface area contributed by atoms with E-state index in [1.54, 1.807) is 4.52 Å². The van der Waals surface area contributed by atoms with Crippen LogP contribution in [0.1, 0.15) is 47.3 Å². The molecule has 38 heavy (non-hydrogen) atoms. The van der Waals surface area contributed by atoms with E-state index in [0.717, 1.165) is 74.8 Å². The summed E-state index contributed by atoms with van der Waals surface area (Å²) in [5.74, 6) is 1.42. The highest BCUT2D eigenvalue weighted by Crippen LogP contribution is 2.36. The number of nitriles is 1. The first kappa shape index (κ1) is 24.7. The maximum atomic E-state index is 9.53. The van der Waals surface area contributed by atoms with Gasteiger partial charge in [-0.15, -0.1) is 0 Å². The largest absolute Gasteiger partial charge is 0.365 e. The molecule has 0 bridgehead atoms.